The van der Waals surface area contributed by atoms with Crippen molar-refractivity contribution in [3.05, 3.63) is 29.3 Å². The van der Waals surface area contributed by atoms with E-state index in [1.54, 1.807) is 18.9 Å². The Hall–Kier alpha value is -1.00. The van der Waals surface area contributed by atoms with Gasteiger partial charge in [-0.3, -0.25) is 9.69 Å². The van der Waals surface area contributed by atoms with E-state index in [0.717, 1.165) is 11.3 Å². The van der Waals surface area contributed by atoms with E-state index in [0.29, 0.717) is 23.9 Å². The van der Waals surface area contributed by atoms with Gasteiger partial charge in [0.25, 0.3) is 0 Å². The molecule has 1 aromatic rings. The zero-order valence-electron chi connectivity index (χ0n) is 12.4. The monoisotopic (exact) mass is 281 g/mol. The molecule has 0 radical (unpaired) electrons. The van der Waals surface area contributed by atoms with E-state index in [9.17, 15) is 4.79 Å². The first kappa shape index (κ1) is 16.1. The number of aryl methyl sites for hydroxylation is 1. The summed E-state index contributed by atoms with van der Waals surface area (Å²) in [6.07, 6.45) is 2.08. The Kier molecular flexibility index (Phi) is 6.38. The van der Waals surface area contributed by atoms with Crippen molar-refractivity contribution in [2.24, 2.45) is 0 Å². The Balaban J connectivity index is 2.78. The molecule has 0 bridgehead atoms. The summed E-state index contributed by atoms with van der Waals surface area (Å²) in [5.74, 6) is 1.79. The summed E-state index contributed by atoms with van der Waals surface area (Å²) in [5, 5.41) is 0. The topological polar surface area (TPSA) is 29.5 Å². The van der Waals surface area contributed by atoms with Gasteiger partial charge in [0.2, 0.25) is 0 Å². The third kappa shape index (κ3) is 4.55. The minimum absolute atomic E-state index is 0.104. The number of thioether (sulfide) groups is 1. The summed E-state index contributed by atoms with van der Waals surface area (Å²) in [6, 6.07) is 6.08. The number of hydrogen-bond donors (Lipinski definition) is 0. The van der Waals surface area contributed by atoms with E-state index >= 15 is 0 Å². The molecule has 0 N–H and O–H groups in total. The lowest BCUT2D eigenvalue weighted by Crippen LogP contribution is -2.35. The Morgan fingerprint density at radius 3 is 2.74 bits per heavy atom. The molecule has 0 aliphatic carbocycles. The number of rotatable bonds is 7. The smallest absolute Gasteiger partial charge is 0.180 e. The molecule has 1 atom stereocenters. The van der Waals surface area contributed by atoms with Crippen LogP contribution >= 0.6 is 11.8 Å². The van der Waals surface area contributed by atoms with Crippen LogP contribution in [-0.4, -0.2) is 49.4 Å². The van der Waals surface area contributed by atoms with Crippen LogP contribution in [0.3, 0.4) is 0 Å². The molecule has 0 aliphatic rings. The van der Waals surface area contributed by atoms with Crippen LogP contribution in [-0.2, 0) is 0 Å². The van der Waals surface area contributed by atoms with Gasteiger partial charge < -0.3 is 4.74 Å². The third-order valence-corrected chi connectivity index (χ3v) is 4.03. The summed E-state index contributed by atoms with van der Waals surface area (Å²) >= 11 is 1.79. The molecule has 0 aliphatic heterocycles. The number of carbonyl (C=O) groups is 1. The second-order valence-electron chi connectivity index (χ2n) is 4.85. The third-order valence-electron chi connectivity index (χ3n) is 3.21. The summed E-state index contributed by atoms with van der Waals surface area (Å²) < 4.78 is 5.29. The van der Waals surface area contributed by atoms with Crippen molar-refractivity contribution in [2.75, 3.05) is 32.7 Å². The molecule has 0 spiro atoms. The second-order valence-corrected chi connectivity index (χ2v) is 5.76. The van der Waals surface area contributed by atoms with Crippen molar-refractivity contribution in [3.8, 4) is 5.75 Å². The van der Waals surface area contributed by atoms with Crippen LogP contribution in [0.4, 0.5) is 0 Å². The van der Waals surface area contributed by atoms with Crippen molar-refractivity contribution >= 4 is 17.5 Å². The number of methoxy groups -OCH3 is 1. The zero-order valence-corrected chi connectivity index (χ0v) is 13.2. The van der Waals surface area contributed by atoms with Crippen molar-refractivity contribution in [1.82, 2.24) is 4.90 Å². The molecule has 1 unspecified atom stereocenters. The summed E-state index contributed by atoms with van der Waals surface area (Å²) in [4.78, 5) is 14.4. The molecule has 0 saturated heterocycles. The molecule has 1 rings (SSSR count). The van der Waals surface area contributed by atoms with Gasteiger partial charge in [-0.2, -0.15) is 11.8 Å². The number of carbonyl (C=O) groups excluding carboxylic acids is 1. The molecule has 0 saturated carbocycles. The average molecular weight is 281 g/mol. The van der Waals surface area contributed by atoms with Crippen LogP contribution in [0.1, 0.15) is 22.8 Å². The zero-order chi connectivity index (χ0) is 14.4. The van der Waals surface area contributed by atoms with E-state index in [-0.39, 0.29) is 5.78 Å². The first-order valence-electron chi connectivity index (χ1n) is 6.36. The Labute approximate surface area is 120 Å². The Morgan fingerprint density at radius 1 is 1.47 bits per heavy atom. The van der Waals surface area contributed by atoms with Crippen LogP contribution in [0.2, 0.25) is 0 Å². The minimum atomic E-state index is 0.104. The van der Waals surface area contributed by atoms with Gasteiger partial charge in [-0.1, -0.05) is 6.07 Å². The van der Waals surface area contributed by atoms with Crippen molar-refractivity contribution in [3.63, 3.8) is 0 Å². The maximum absolute atomic E-state index is 12.3. The maximum Gasteiger partial charge on any atom is 0.180 e. The highest BCUT2D eigenvalue weighted by Crippen LogP contribution is 2.21. The van der Waals surface area contributed by atoms with E-state index in [1.807, 2.05) is 32.2 Å². The predicted octanol–water partition coefficient (Wildman–Crippen LogP) is 2.87. The highest BCUT2D eigenvalue weighted by Gasteiger charge is 2.17. The maximum atomic E-state index is 12.3. The van der Waals surface area contributed by atoms with Gasteiger partial charge in [0, 0.05) is 11.8 Å². The van der Waals surface area contributed by atoms with Gasteiger partial charge in [-0.15, -0.1) is 0 Å². The van der Waals surface area contributed by atoms with Gasteiger partial charge in [0.15, 0.2) is 5.78 Å². The summed E-state index contributed by atoms with van der Waals surface area (Å²) in [6.45, 7) is 4.54. The van der Waals surface area contributed by atoms with Gasteiger partial charge in [-0.25, -0.2) is 0 Å². The molecule has 0 amide bonds. The van der Waals surface area contributed by atoms with Crippen molar-refractivity contribution in [1.29, 1.82) is 0 Å². The first-order chi connectivity index (χ1) is 8.99. The lowest BCUT2D eigenvalue weighted by molar-refractivity contribution is 0.0928. The molecule has 0 fully saturated rings. The molecule has 19 heavy (non-hydrogen) atoms. The standard InChI is InChI=1S/C15H23NO2S/c1-11-6-7-13(15(8-11)18-4)14(17)9-16(3)12(2)10-19-5/h6-8,12H,9-10H2,1-5H3. The lowest BCUT2D eigenvalue weighted by Gasteiger charge is -2.23. The predicted molar refractivity (Wildman–Crippen MR) is 82.5 cm³/mol. The van der Waals surface area contributed by atoms with Crippen LogP contribution in [0.15, 0.2) is 18.2 Å². The molecule has 0 aromatic heterocycles. The van der Waals surface area contributed by atoms with Crippen LogP contribution in [0.25, 0.3) is 0 Å². The van der Waals surface area contributed by atoms with E-state index in [4.69, 9.17) is 4.74 Å². The van der Waals surface area contributed by atoms with Gasteiger partial charge in [-0.05, 0) is 44.8 Å². The lowest BCUT2D eigenvalue weighted by atomic mass is 10.1. The molecule has 106 valence electrons. The fourth-order valence-corrected chi connectivity index (χ4v) is 2.60. The normalized spacial score (nSPS) is 12.5. The number of nitrogens with zero attached hydrogens (tertiary/aromatic N) is 1. The largest absolute Gasteiger partial charge is 0.496 e. The van der Waals surface area contributed by atoms with Crippen molar-refractivity contribution < 1.29 is 9.53 Å². The quantitative estimate of drug-likeness (QED) is 0.719. The van der Waals surface area contributed by atoms with Crippen LogP contribution in [0, 0.1) is 6.92 Å². The molecule has 0 heterocycles. The minimum Gasteiger partial charge on any atom is -0.496 e. The van der Waals surface area contributed by atoms with Gasteiger partial charge in [0.05, 0.1) is 19.2 Å². The van der Waals surface area contributed by atoms with Crippen LogP contribution in [0.5, 0.6) is 5.75 Å². The van der Waals surface area contributed by atoms with Gasteiger partial charge >= 0.3 is 0 Å². The summed E-state index contributed by atoms with van der Waals surface area (Å²) in [7, 11) is 3.59. The summed E-state index contributed by atoms with van der Waals surface area (Å²) in [5.41, 5.74) is 1.76. The van der Waals surface area contributed by atoms with E-state index in [2.05, 4.69) is 18.1 Å². The van der Waals surface area contributed by atoms with Crippen LogP contribution < -0.4 is 4.74 Å². The molecule has 3 nitrogen and oxygen atoms in total. The Bertz CT molecular complexity index is 434. The molecular weight excluding hydrogens is 258 g/mol. The fraction of sp³-hybridized carbons (Fsp3) is 0.533. The average Bonchev–Trinajstić information content (AvgIpc) is 2.38. The number of likely N-dealkylation sites (N-methyl/N-ethyl adjacent to an activating group) is 1. The van der Waals surface area contributed by atoms with Crippen molar-refractivity contribution in [2.45, 2.75) is 19.9 Å². The Morgan fingerprint density at radius 2 is 2.16 bits per heavy atom. The molecule has 4 heteroatoms. The SMILES string of the molecule is COc1cc(C)ccc1C(=O)CN(C)C(C)CSC. The number of ketones is 1. The highest BCUT2D eigenvalue weighted by molar-refractivity contribution is 7.98. The number of hydrogen-bond acceptors (Lipinski definition) is 4. The molecule has 1 aromatic carbocycles. The van der Waals surface area contributed by atoms with Gasteiger partial charge in [0.1, 0.15) is 5.75 Å². The highest BCUT2D eigenvalue weighted by atomic mass is 32.2. The molecular formula is C15H23NO2S. The number of benzene rings is 1. The fourth-order valence-electron chi connectivity index (χ4n) is 1.86. The first-order valence-corrected chi connectivity index (χ1v) is 7.76. The second kappa shape index (κ2) is 7.56. The number of ether oxygens (including phenoxy) is 1. The number of Topliss-reactive ketones (excluding diaryl/α,β-unsaturated/α-hetero) is 1. The van der Waals surface area contributed by atoms with E-state index in [1.165, 1.54) is 0 Å². The van der Waals surface area contributed by atoms with E-state index < -0.39 is 0 Å².